The number of rotatable bonds is 2. The van der Waals surface area contributed by atoms with Gasteiger partial charge in [-0.3, -0.25) is 9.59 Å². The molecule has 2 heterocycles. The van der Waals surface area contributed by atoms with Crippen molar-refractivity contribution in [2.75, 3.05) is 11.9 Å². The molecule has 4 nitrogen and oxygen atoms in total. The zero-order chi connectivity index (χ0) is 14.3. The van der Waals surface area contributed by atoms with Crippen LogP contribution >= 0.6 is 27.7 Å². The number of hydrogen-bond donors (Lipinski definition) is 0. The van der Waals surface area contributed by atoms with Gasteiger partial charge in [-0.15, -0.1) is 0 Å². The average molecular weight is 349 g/mol. The van der Waals surface area contributed by atoms with Crippen molar-refractivity contribution in [3.8, 4) is 0 Å². The highest BCUT2D eigenvalue weighted by Gasteiger charge is 2.33. The summed E-state index contributed by atoms with van der Waals surface area (Å²) in [6.07, 6.45) is 1.73. The molecule has 0 unspecified atom stereocenters. The van der Waals surface area contributed by atoms with E-state index in [4.69, 9.17) is 0 Å². The van der Waals surface area contributed by atoms with Crippen LogP contribution in [0.5, 0.6) is 0 Å². The molecule has 0 saturated carbocycles. The minimum absolute atomic E-state index is 0.444. The normalized spacial score (nSPS) is 13.8. The molecule has 0 bridgehead atoms. The Kier molecular flexibility index (Phi) is 3.35. The standard InChI is InChI=1S/C14H9BrN2O2S/c1-17-11-6-9(3-4-10(11)13(18)14(17)19)20-12-5-2-8(15)7-16-12/h2-7H,1H3. The molecule has 0 aliphatic carbocycles. The minimum Gasteiger partial charge on any atom is -0.308 e. The molecule has 1 aromatic carbocycles. The zero-order valence-corrected chi connectivity index (χ0v) is 12.9. The van der Waals surface area contributed by atoms with Gasteiger partial charge in [-0.1, -0.05) is 11.8 Å². The summed E-state index contributed by atoms with van der Waals surface area (Å²) in [4.78, 5) is 29.9. The predicted molar refractivity (Wildman–Crippen MR) is 80.2 cm³/mol. The summed E-state index contributed by atoms with van der Waals surface area (Å²) in [6.45, 7) is 0. The number of anilines is 1. The zero-order valence-electron chi connectivity index (χ0n) is 10.5. The lowest BCUT2D eigenvalue weighted by Gasteiger charge is -2.10. The first-order chi connectivity index (χ1) is 9.56. The van der Waals surface area contributed by atoms with E-state index in [2.05, 4.69) is 20.9 Å². The van der Waals surface area contributed by atoms with Crippen molar-refractivity contribution in [3.63, 3.8) is 0 Å². The van der Waals surface area contributed by atoms with Crippen LogP contribution in [0.25, 0.3) is 0 Å². The van der Waals surface area contributed by atoms with Crippen LogP contribution in [0.15, 0.2) is 50.9 Å². The van der Waals surface area contributed by atoms with Gasteiger partial charge >= 0.3 is 0 Å². The van der Waals surface area contributed by atoms with Gasteiger partial charge in [0.25, 0.3) is 11.7 Å². The molecule has 0 N–H and O–H groups in total. The summed E-state index contributed by atoms with van der Waals surface area (Å²) < 4.78 is 0.923. The number of carbonyl (C=O) groups is 2. The molecule has 2 aromatic rings. The van der Waals surface area contributed by atoms with Gasteiger partial charge in [0, 0.05) is 22.6 Å². The summed E-state index contributed by atoms with van der Waals surface area (Å²) in [7, 11) is 1.61. The van der Waals surface area contributed by atoms with Crippen LogP contribution in [0.2, 0.25) is 0 Å². The third-order valence-electron chi connectivity index (χ3n) is 3.00. The van der Waals surface area contributed by atoms with Crippen molar-refractivity contribution >= 4 is 45.1 Å². The Morgan fingerprint density at radius 3 is 2.70 bits per heavy atom. The number of hydrogen-bond acceptors (Lipinski definition) is 4. The van der Waals surface area contributed by atoms with E-state index in [0.29, 0.717) is 11.3 Å². The topological polar surface area (TPSA) is 50.3 Å². The van der Waals surface area contributed by atoms with E-state index in [1.165, 1.54) is 16.7 Å². The first-order valence-electron chi connectivity index (χ1n) is 5.82. The number of aromatic nitrogens is 1. The van der Waals surface area contributed by atoms with E-state index in [0.717, 1.165) is 14.4 Å². The highest BCUT2D eigenvalue weighted by Crippen LogP contribution is 2.34. The van der Waals surface area contributed by atoms with E-state index in [1.54, 1.807) is 19.3 Å². The summed E-state index contributed by atoms with van der Waals surface area (Å²) in [6, 6.07) is 9.19. The number of benzene rings is 1. The molecule has 0 spiro atoms. The SMILES string of the molecule is CN1C(=O)C(=O)c2ccc(Sc3ccc(Br)cn3)cc21. The van der Waals surface area contributed by atoms with Gasteiger partial charge in [-0.05, 0) is 46.3 Å². The molecule has 1 aliphatic heterocycles. The van der Waals surface area contributed by atoms with E-state index >= 15 is 0 Å². The van der Waals surface area contributed by atoms with Gasteiger partial charge in [-0.25, -0.2) is 4.98 Å². The number of pyridine rings is 1. The largest absolute Gasteiger partial charge is 0.308 e. The third kappa shape index (κ3) is 2.25. The molecule has 20 heavy (non-hydrogen) atoms. The van der Waals surface area contributed by atoms with Gasteiger partial charge in [0.05, 0.1) is 11.3 Å². The molecule has 0 atom stereocenters. The minimum atomic E-state index is -0.482. The molecular formula is C14H9BrN2O2S. The Morgan fingerprint density at radius 2 is 2.00 bits per heavy atom. The molecule has 1 aromatic heterocycles. The lowest BCUT2D eigenvalue weighted by Crippen LogP contribution is -2.24. The molecule has 1 aliphatic rings. The quantitative estimate of drug-likeness (QED) is 0.782. The molecule has 100 valence electrons. The van der Waals surface area contributed by atoms with Crippen LogP contribution in [-0.4, -0.2) is 23.7 Å². The summed E-state index contributed by atoms with van der Waals surface area (Å²) in [5.41, 5.74) is 1.12. The van der Waals surface area contributed by atoms with Crippen LogP contribution in [0.3, 0.4) is 0 Å². The molecule has 0 fully saturated rings. The van der Waals surface area contributed by atoms with Gasteiger partial charge in [0.1, 0.15) is 5.03 Å². The molecule has 0 saturated heterocycles. The Morgan fingerprint density at radius 1 is 1.20 bits per heavy atom. The Balaban J connectivity index is 1.92. The second kappa shape index (κ2) is 5.03. The summed E-state index contributed by atoms with van der Waals surface area (Å²) in [5, 5.41) is 0.853. The highest BCUT2D eigenvalue weighted by atomic mass is 79.9. The molecular weight excluding hydrogens is 340 g/mol. The fourth-order valence-corrected chi connectivity index (χ4v) is 2.99. The van der Waals surface area contributed by atoms with Crippen LogP contribution in [0.4, 0.5) is 5.69 Å². The molecule has 0 radical (unpaired) electrons. The van der Waals surface area contributed by atoms with E-state index < -0.39 is 11.7 Å². The van der Waals surface area contributed by atoms with E-state index in [-0.39, 0.29) is 0 Å². The fourth-order valence-electron chi connectivity index (χ4n) is 1.96. The van der Waals surface area contributed by atoms with Crippen molar-refractivity contribution in [2.24, 2.45) is 0 Å². The molecule has 3 rings (SSSR count). The molecule has 1 amide bonds. The Hall–Kier alpha value is -1.66. The van der Waals surface area contributed by atoms with Gasteiger partial charge < -0.3 is 4.90 Å². The Labute approximate surface area is 128 Å². The van der Waals surface area contributed by atoms with Crippen LogP contribution in [-0.2, 0) is 4.79 Å². The smallest absolute Gasteiger partial charge is 0.299 e. The first kappa shape index (κ1) is 13.3. The maximum atomic E-state index is 11.7. The number of ketones is 1. The number of fused-ring (bicyclic) bond motifs is 1. The predicted octanol–water partition coefficient (Wildman–Crippen LogP) is 3.15. The number of Topliss-reactive ketones (excluding diaryl/α,β-unsaturated/α-hetero) is 1. The second-order valence-corrected chi connectivity index (χ2v) is 6.30. The number of amides is 1. The van der Waals surface area contributed by atoms with Crippen molar-refractivity contribution < 1.29 is 9.59 Å². The second-order valence-electron chi connectivity index (χ2n) is 4.29. The van der Waals surface area contributed by atoms with Crippen LogP contribution < -0.4 is 4.90 Å². The van der Waals surface area contributed by atoms with Crippen molar-refractivity contribution in [1.82, 2.24) is 4.98 Å². The van der Waals surface area contributed by atoms with Crippen molar-refractivity contribution in [2.45, 2.75) is 9.92 Å². The maximum absolute atomic E-state index is 11.7. The van der Waals surface area contributed by atoms with Crippen molar-refractivity contribution in [3.05, 3.63) is 46.6 Å². The number of likely N-dealkylation sites (N-methyl/N-ethyl adjacent to an activating group) is 1. The summed E-state index contributed by atoms with van der Waals surface area (Å²) in [5.74, 6) is -0.926. The van der Waals surface area contributed by atoms with Gasteiger partial charge in [-0.2, -0.15) is 0 Å². The van der Waals surface area contributed by atoms with E-state index in [9.17, 15) is 9.59 Å². The third-order valence-corrected chi connectivity index (χ3v) is 4.41. The fraction of sp³-hybridized carbons (Fsp3) is 0.0714. The lowest BCUT2D eigenvalue weighted by molar-refractivity contribution is -0.114. The first-order valence-corrected chi connectivity index (χ1v) is 7.43. The van der Waals surface area contributed by atoms with Gasteiger partial charge in [0.2, 0.25) is 0 Å². The number of nitrogens with zero attached hydrogens (tertiary/aromatic N) is 2. The highest BCUT2D eigenvalue weighted by molar-refractivity contribution is 9.10. The average Bonchev–Trinajstić information content (AvgIpc) is 2.66. The Bertz CT molecular complexity index is 716. The number of carbonyl (C=O) groups excluding carboxylic acids is 2. The number of halogens is 1. The lowest BCUT2D eigenvalue weighted by atomic mass is 10.1. The van der Waals surface area contributed by atoms with Gasteiger partial charge in [0.15, 0.2) is 0 Å². The maximum Gasteiger partial charge on any atom is 0.299 e. The van der Waals surface area contributed by atoms with Crippen LogP contribution in [0, 0.1) is 0 Å². The van der Waals surface area contributed by atoms with E-state index in [1.807, 2.05) is 24.3 Å². The summed E-state index contributed by atoms with van der Waals surface area (Å²) >= 11 is 4.82. The van der Waals surface area contributed by atoms with Crippen LogP contribution in [0.1, 0.15) is 10.4 Å². The van der Waals surface area contributed by atoms with Crippen molar-refractivity contribution in [1.29, 1.82) is 0 Å². The molecule has 6 heteroatoms. The monoisotopic (exact) mass is 348 g/mol.